The summed E-state index contributed by atoms with van der Waals surface area (Å²) in [6.45, 7) is 3.43. The number of carbonyl (C=O) groups excluding carboxylic acids is 1. The van der Waals surface area contributed by atoms with Gasteiger partial charge in [-0.3, -0.25) is 4.79 Å². The highest BCUT2D eigenvalue weighted by Gasteiger charge is 2.27. The van der Waals surface area contributed by atoms with E-state index in [0.29, 0.717) is 5.75 Å². The smallest absolute Gasteiger partial charge is 0.263 e. The first-order chi connectivity index (χ1) is 9.08. The lowest BCUT2D eigenvalue weighted by Gasteiger charge is -2.27. The van der Waals surface area contributed by atoms with Crippen LogP contribution < -0.4 is 10.1 Å². The third-order valence-corrected chi connectivity index (χ3v) is 3.39. The molecule has 1 aromatic rings. The maximum absolute atomic E-state index is 13.0. The van der Waals surface area contributed by atoms with Gasteiger partial charge in [0, 0.05) is 25.7 Å². The number of nitrogens with zero attached hydrogens (tertiary/aromatic N) is 1. The topological polar surface area (TPSA) is 41.6 Å². The van der Waals surface area contributed by atoms with Crippen LogP contribution in [0.3, 0.4) is 0 Å². The van der Waals surface area contributed by atoms with Crippen molar-refractivity contribution in [3.8, 4) is 5.75 Å². The van der Waals surface area contributed by atoms with Crippen LogP contribution in [0.4, 0.5) is 4.39 Å². The van der Waals surface area contributed by atoms with Crippen LogP contribution in [0.2, 0.25) is 0 Å². The molecule has 1 saturated heterocycles. The van der Waals surface area contributed by atoms with Crippen LogP contribution in [0.25, 0.3) is 0 Å². The summed E-state index contributed by atoms with van der Waals surface area (Å²) < 4.78 is 18.5. The van der Waals surface area contributed by atoms with Crippen LogP contribution in [0, 0.1) is 5.82 Å². The molecule has 0 spiro atoms. The number of hydrogen-bond donors (Lipinski definition) is 1. The normalized spacial score (nSPS) is 19.1. The molecule has 0 radical (unpaired) electrons. The van der Waals surface area contributed by atoms with Gasteiger partial charge in [0.05, 0.1) is 0 Å². The fourth-order valence-electron chi connectivity index (χ4n) is 2.23. The minimum absolute atomic E-state index is 0. The van der Waals surface area contributed by atoms with E-state index in [0.717, 1.165) is 19.5 Å². The van der Waals surface area contributed by atoms with E-state index in [2.05, 4.69) is 5.32 Å². The maximum atomic E-state index is 13.0. The standard InChI is InChI=1S/C14H19FN2O2.ClH/c1-10(19-13-5-3-4-11(15)8-13)14(18)17(2)12-6-7-16-9-12;/h3-5,8,10,12,16H,6-7,9H2,1-2H3;1H. The van der Waals surface area contributed by atoms with Gasteiger partial charge >= 0.3 is 0 Å². The number of amides is 1. The van der Waals surface area contributed by atoms with Crippen LogP contribution in [-0.4, -0.2) is 43.1 Å². The molecule has 2 atom stereocenters. The van der Waals surface area contributed by atoms with Crippen LogP contribution in [0.5, 0.6) is 5.75 Å². The highest BCUT2D eigenvalue weighted by molar-refractivity contribution is 5.85. The highest BCUT2D eigenvalue weighted by Crippen LogP contribution is 2.15. The lowest BCUT2D eigenvalue weighted by Crippen LogP contribution is -2.44. The summed E-state index contributed by atoms with van der Waals surface area (Å²) in [5, 5.41) is 3.22. The molecule has 6 heteroatoms. The summed E-state index contributed by atoms with van der Waals surface area (Å²) in [7, 11) is 1.78. The van der Waals surface area contributed by atoms with E-state index in [1.807, 2.05) is 0 Å². The summed E-state index contributed by atoms with van der Waals surface area (Å²) in [4.78, 5) is 13.9. The monoisotopic (exact) mass is 302 g/mol. The highest BCUT2D eigenvalue weighted by atomic mass is 35.5. The van der Waals surface area contributed by atoms with Crippen molar-refractivity contribution < 1.29 is 13.9 Å². The predicted octanol–water partition coefficient (Wildman–Crippen LogP) is 1.84. The third kappa shape index (κ3) is 4.08. The summed E-state index contributed by atoms with van der Waals surface area (Å²) in [6.07, 6.45) is 0.335. The van der Waals surface area contributed by atoms with Crippen LogP contribution in [0.1, 0.15) is 13.3 Å². The average molecular weight is 303 g/mol. The SMILES string of the molecule is CC(Oc1cccc(F)c1)C(=O)N(C)C1CCNC1.Cl. The Morgan fingerprint density at radius 1 is 1.55 bits per heavy atom. The minimum atomic E-state index is -0.618. The van der Waals surface area contributed by atoms with Crippen molar-refractivity contribution in [2.45, 2.75) is 25.5 Å². The molecule has 0 saturated carbocycles. The van der Waals surface area contributed by atoms with Crippen molar-refractivity contribution in [3.05, 3.63) is 30.1 Å². The first-order valence-electron chi connectivity index (χ1n) is 6.47. The fourth-order valence-corrected chi connectivity index (χ4v) is 2.23. The van der Waals surface area contributed by atoms with Crippen LogP contribution >= 0.6 is 12.4 Å². The number of nitrogens with one attached hydrogen (secondary N) is 1. The first-order valence-corrected chi connectivity index (χ1v) is 6.47. The number of ether oxygens (including phenoxy) is 1. The van der Waals surface area contributed by atoms with E-state index in [-0.39, 0.29) is 30.2 Å². The van der Waals surface area contributed by atoms with Crippen molar-refractivity contribution in [3.63, 3.8) is 0 Å². The molecule has 112 valence electrons. The molecule has 1 N–H and O–H groups in total. The maximum Gasteiger partial charge on any atom is 0.263 e. The second-order valence-electron chi connectivity index (χ2n) is 4.81. The largest absolute Gasteiger partial charge is 0.481 e. The second-order valence-corrected chi connectivity index (χ2v) is 4.81. The Kier molecular flexibility index (Phi) is 6.23. The van der Waals surface area contributed by atoms with Gasteiger partial charge < -0.3 is 15.0 Å². The molecule has 0 aromatic heterocycles. The molecule has 4 nitrogen and oxygen atoms in total. The number of hydrogen-bond acceptors (Lipinski definition) is 3. The number of rotatable bonds is 4. The molecule has 1 aromatic carbocycles. The fraction of sp³-hybridized carbons (Fsp3) is 0.500. The molecular weight excluding hydrogens is 283 g/mol. The Balaban J connectivity index is 0.00000200. The molecular formula is C14H20ClFN2O2. The molecule has 0 aliphatic carbocycles. The summed E-state index contributed by atoms with van der Waals surface area (Å²) in [6, 6.07) is 6.04. The first kappa shape index (κ1) is 16.7. The molecule has 20 heavy (non-hydrogen) atoms. The zero-order valence-corrected chi connectivity index (χ0v) is 12.5. The lowest BCUT2D eigenvalue weighted by atomic mass is 10.2. The van der Waals surface area contributed by atoms with Crippen molar-refractivity contribution in [1.29, 1.82) is 0 Å². The van der Waals surface area contributed by atoms with Gasteiger partial charge in [0.25, 0.3) is 5.91 Å². The lowest BCUT2D eigenvalue weighted by molar-refractivity contribution is -0.138. The summed E-state index contributed by atoms with van der Waals surface area (Å²) >= 11 is 0. The van der Waals surface area contributed by atoms with Crippen LogP contribution in [0.15, 0.2) is 24.3 Å². The molecule has 1 heterocycles. The number of likely N-dealkylation sites (N-methyl/N-ethyl adjacent to an activating group) is 1. The molecule has 1 aliphatic rings. The third-order valence-electron chi connectivity index (χ3n) is 3.39. The molecule has 2 rings (SSSR count). The van der Waals surface area contributed by atoms with E-state index in [4.69, 9.17) is 4.74 Å². The Labute approximate surface area is 124 Å². The van der Waals surface area contributed by atoms with Gasteiger partial charge in [-0.25, -0.2) is 4.39 Å². The van der Waals surface area contributed by atoms with E-state index >= 15 is 0 Å². The Morgan fingerprint density at radius 3 is 2.90 bits per heavy atom. The summed E-state index contributed by atoms with van der Waals surface area (Å²) in [5.74, 6) is -0.0812. The Morgan fingerprint density at radius 2 is 2.30 bits per heavy atom. The van der Waals surface area contributed by atoms with Gasteiger partial charge in [-0.2, -0.15) is 0 Å². The molecule has 1 aliphatic heterocycles. The second kappa shape index (κ2) is 7.45. The molecule has 1 fully saturated rings. The molecule has 0 bridgehead atoms. The van der Waals surface area contributed by atoms with Gasteiger partial charge in [-0.05, 0) is 32.0 Å². The molecule has 1 amide bonds. The zero-order chi connectivity index (χ0) is 13.8. The summed E-state index contributed by atoms with van der Waals surface area (Å²) in [5.41, 5.74) is 0. The number of benzene rings is 1. The van der Waals surface area contributed by atoms with Crippen molar-refractivity contribution >= 4 is 18.3 Å². The Bertz CT molecular complexity index is 453. The van der Waals surface area contributed by atoms with Gasteiger partial charge in [0.2, 0.25) is 0 Å². The minimum Gasteiger partial charge on any atom is -0.481 e. The van der Waals surface area contributed by atoms with E-state index < -0.39 is 6.10 Å². The van der Waals surface area contributed by atoms with Crippen LogP contribution in [-0.2, 0) is 4.79 Å². The quantitative estimate of drug-likeness (QED) is 0.923. The van der Waals surface area contributed by atoms with E-state index in [1.165, 1.54) is 12.1 Å². The van der Waals surface area contributed by atoms with E-state index in [1.54, 1.807) is 31.0 Å². The molecule has 2 unspecified atom stereocenters. The van der Waals surface area contributed by atoms with Crippen molar-refractivity contribution in [1.82, 2.24) is 10.2 Å². The number of carbonyl (C=O) groups is 1. The van der Waals surface area contributed by atoms with Gasteiger partial charge in [0.15, 0.2) is 6.10 Å². The van der Waals surface area contributed by atoms with Crippen molar-refractivity contribution in [2.75, 3.05) is 20.1 Å². The van der Waals surface area contributed by atoms with Gasteiger partial charge in [0.1, 0.15) is 11.6 Å². The Hall–Kier alpha value is -1.33. The van der Waals surface area contributed by atoms with Gasteiger partial charge in [-0.15, -0.1) is 12.4 Å². The average Bonchev–Trinajstić information content (AvgIpc) is 2.90. The van der Waals surface area contributed by atoms with Crippen molar-refractivity contribution in [2.24, 2.45) is 0 Å². The predicted molar refractivity (Wildman–Crippen MR) is 77.8 cm³/mol. The number of halogens is 2. The van der Waals surface area contributed by atoms with E-state index in [9.17, 15) is 9.18 Å². The van der Waals surface area contributed by atoms with Gasteiger partial charge in [-0.1, -0.05) is 6.07 Å². The zero-order valence-electron chi connectivity index (χ0n) is 11.6.